The summed E-state index contributed by atoms with van der Waals surface area (Å²) in [5, 5.41) is 3.41. The van der Waals surface area contributed by atoms with E-state index in [2.05, 4.69) is 17.1 Å². The zero-order valence-corrected chi connectivity index (χ0v) is 10.4. The maximum absolute atomic E-state index is 11.5. The molecule has 16 heavy (non-hydrogen) atoms. The molecular formula is C13H24N2O. The summed E-state index contributed by atoms with van der Waals surface area (Å²) >= 11 is 0. The Labute approximate surface area is 98.6 Å². The fourth-order valence-corrected chi connectivity index (χ4v) is 3.24. The zero-order valence-electron chi connectivity index (χ0n) is 10.4. The number of hydrogen-bond donors (Lipinski definition) is 1. The molecule has 0 spiro atoms. The average Bonchev–Trinajstić information content (AvgIpc) is 2.31. The minimum absolute atomic E-state index is 0.476. The van der Waals surface area contributed by atoms with Gasteiger partial charge in [-0.15, -0.1) is 0 Å². The van der Waals surface area contributed by atoms with Crippen molar-refractivity contribution in [2.45, 2.75) is 57.5 Å². The molecule has 0 aromatic carbocycles. The van der Waals surface area contributed by atoms with Gasteiger partial charge in [0.1, 0.15) is 5.78 Å². The van der Waals surface area contributed by atoms with E-state index in [1.54, 1.807) is 0 Å². The van der Waals surface area contributed by atoms with Crippen LogP contribution in [0.3, 0.4) is 0 Å². The predicted octanol–water partition coefficient (Wildman–Crippen LogP) is 1.57. The molecule has 1 unspecified atom stereocenters. The zero-order chi connectivity index (χ0) is 11.4. The van der Waals surface area contributed by atoms with Gasteiger partial charge in [0.2, 0.25) is 0 Å². The molecule has 0 aromatic heterocycles. The van der Waals surface area contributed by atoms with E-state index in [0.717, 1.165) is 38.9 Å². The Kier molecular flexibility index (Phi) is 4.36. The lowest BCUT2D eigenvalue weighted by Gasteiger charge is -2.40. The number of hydrogen-bond acceptors (Lipinski definition) is 3. The van der Waals surface area contributed by atoms with Crippen molar-refractivity contribution in [2.75, 3.05) is 19.6 Å². The number of rotatable bonds is 3. The summed E-state index contributed by atoms with van der Waals surface area (Å²) in [7, 11) is 0. The molecule has 92 valence electrons. The number of ketones is 1. The molecule has 0 amide bonds. The van der Waals surface area contributed by atoms with Crippen LogP contribution in [0.1, 0.15) is 45.4 Å². The van der Waals surface area contributed by atoms with Crippen molar-refractivity contribution < 1.29 is 4.79 Å². The van der Waals surface area contributed by atoms with Crippen molar-refractivity contribution in [3.8, 4) is 0 Å². The van der Waals surface area contributed by atoms with Gasteiger partial charge in [0, 0.05) is 24.9 Å². The van der Waals surface area contributed by atoms with Crippen molar-refractivity contribution in [2.24, 2.45) is 0 Å². The summed E-state index contributed by atoms with van der Waals surface area (Å²) in [6, 6.07) is 1.25. The van der Waals surface area contributed by atoms with E-state index in [-0.39, 0.29) is 0 Å². The molecule has 1 atom stereocenters. The Hall–Kier alpha value is -0.410. The molecule has 1 N–H and O–H groups in total. The van der Waals surface area contributed by atoms with Gasteiger partial charge in [0.05, 0.1) is 0 Å². The van der Waals surface area contributed by atoms with Crippen molar-refractivity contribution in [1.29, 1.82) is 0 Å². The van der Waals surface area contributed by atoms with Gasteiger partial charge in [-0.25, -0.2) is 0 Å². The lowest BCUT2D eigenvalue weighted by Crippen LogP contribution is -2.49. The highest BCUT2D eigenvalue weighted by Gasteiger charge is 2.29. The minimum atomic E-state index is 0.476. The molecule has 0 bridgehead atoms. The SMILES string of the molecule is CCN(C1CCNCC1)C1CCCC(=O)C1. The number of carbonyl (C=O) groups excluding carboxylic acids is 1. The van der Waals surface area contributed by atoms with Gasteiger partial charge in [0.25, 0.3) is 0 Å². The van der Waals surface area contributed by atoms with Crippen LogP contribution in [0, 0.1) is 0 Å². The highest BCUT2D eigenvalue weighted by atomic mass is 16.1. The Balaban J connectivity index is 1.94. The van der Waals surface area contributed by atoms with Crippen molar-refractivity contribution >= 4 is 5.78 Å². The van der Waals surface area contributed by atoms with Crippen LogP contribution in [0.4, 0.5) is 0 Å². The molecule has 1 heterocycles. The molecule has 1 aliphatic carbocycles. The van der Waals surface area contributed by atoms with E-state index < -0.39 is 0 Å². The van der Waals surface area contributed by atoms with Crippen molar-refractivity contribution in [3.63, 3.8) is 0 Å². The molecule has 1 saturated carbocycles. The summed E-state index contributed by atoms with van der Waals surface area (Å²) in [5.41, 5.74) is 0. The molecule has 2 fully saturated rings. The first kappa shape index (κ1) is 12.1. The maximum Gasteiger partial charge on any atom is 0.134 e. The number of carbonyl (C=O) groups is 1. The Morgan fingerprint density at radius 2 is 2.00 bits per heavy atom. The molecule has 1 aliphatic heterocycles. The standard InChI is InChI=1S/C13H24N2O/c1-2-15(11-6-8-14-9-7-11)12-4-3-5-13(16)10-12/h11-12,14H,2-10H2,1H3. The summed E-state index contributed by atoms with van der Waals surface area (Å²) in [6.07, 6.45) is 6.45. The van der Waals surface area contributed by atoms with Crippen LogP contribution >= 0.6 is 0 Å². The molecule has 3 heteroatoms. The summed E-state index contributed by atoms with van der Waals surface area (Å²) < 4.78 is 0. The minimum Gasteiger partial charge on any atom is -0.317 e. The molecule has 2 rings (SSSR count). The van der Waals surface area contributed by atoms with Crippen LogP contribution in [-0.2, 0) is 4.79 Å². The number of nitrogens with one attached hydrogen (secondary N) is 1. The Bertz CT molecular complexity index is 236. The number of nitrogens with zero attached hydrogens (tertiary/aromatic N) is 1. The highest BCUT2D eigenvalue weighted by molar-refractivity contribution is 5.79. The summed E-state index contributed by atoms with van der Waals surface area (Å²) in [4.78, 5) is 14.1. The van der Waals surface area contributed by atoms with E-state index in [1.165, 1.54) is 19.3 Å². The van der Waals surface area contributed by atoms with E-state index in [0.29, 0.717) is 17.9 Å². The van der Waals surface area contributed by atoms with Gasteiger partial charge >= 0.3 is 0 Å². The van der Waals surface area contributed by atoms with Crippen LogP contribution in [0.2, 0.25) is 0 Å². The molecule has 0 radical (unpaired) electrons. The lowest BCUT2D eigenvalue weighted by molar-refractivity contribution is -0.122. The predicted molar refractivity (Wildman–Crippen MR) is 65.5 cm³/mol. The molecule has 1 saturated heterocycles. The van der Waals surface area contributed by atoms with Gasteiger partial charge in [-0.1, -0.05) is 6.92 Å². The van der Waals surface area contributed by atoms with Crippen LogP contribution in [0.15, 0.2) is 0 Å². The summed E-state index contributed by atoms with van der Waals surface area (Å²) in [5.74, 6) is 0.476. The molecular weight excluding hydrogens is 200 g/mol. The van der Waals surface area contributed by atoms with Crippen molar-refractivity contribution in [1.82, 2.24) is 10.2 Å². The smallest absolute Gasteiger partial charge is 0.134 e. The molecule has 3 nitrogen and oxygen atoms in total. The van der Waals surface area contributed by atoms with E-state index >= 15 is 0 Å². The maximum atomic E-state index is 11.5. The van der Waals surface area contributed by atoms with Crippen LogP contribution in [0.5, 0.6) is 0 Å². The summed E-state index contributed by atoms with van der Waals surface area (Å²) in [6.45, 7) is 5.62. The highest BCUT2D eigenvalue weighted by Crippen LogP contribution is 2.24. The second kappa shape index (κ2) is 5.78. The van der Waals surface area contributed by atoms with E-state index in [1.807, 2.05) is 0 Å². The van der Waals surface area contributed by atoms with Crippen LogP contribution < -0.4 is 5.32 Å². The second-order valence-electron chi connectivity index (χ2n) is 5.10. The van der Waals surface area contributed by atoms with Gasteiger partial charge < -0.3 is 5.32 Å². The van der Waals surface area contributed by atoms with Crippen molar-refractivity contribution in [3.05, 3.63) is 0 Å². The quantitative estimate of drug-likeness (QED) is 0.790. The Morgan fingerprint density at radius 1 is 1.25 bits per heavy atom. The average molecular weight is 224 g/mol. The molecule has 0 aromatic rings. The normalized spacial score (nSPS) is 28.6. The fraction of sp³-hybridized carbons (Fsp3) is 0.923. The fourth-order valence-electron chi connectivity index (χ4n) is 3.24. The van der Waals surface area contributed by atoms with Crippen LogP contribution in [-0.4, -0.2) is 42.4 Å². The first-order valence-corrected chi connectivity index (χ1v) is 6.79. The monoisotopic (exact) mass is 224 g/mol. The number of piperidine rings is 1. The van der Waals surface area contributed by atoms with Gasteiger partial charge in [-0.05, 0) is 45.3 Å². The topological polar surface area (TPSA) is 32.3 Å². The van der Waals surface area contributed by atoms with Gasteiger partial charge in [-0.2, -0.15) is 0 Å². The van der Waals surface area contributed by atoms with Crippen LogP contribution in [0.25, 0.3) is 0 Å². The largest absolute Gasteiger partial charge is 0.317 e. The third kappa shape index (κ3) is 2.83. The van der Waals surface area contributed by atoms with Gasteiger partial charge in [-0.3, -0.25) is 9.69 Å². The third-order valence-electron chi connectivity index (χ3n) is 4.07. The molecule has 2 aliphatic rings. The van der Waals surface area contributed by atoms with E-state index in [4.69, 9.17) is 0 Å². The van der Waals surface area contributed by atoms with E-state index in [9.17, 15) is 4.79 Å². The Morgan fingerprint density at radius 3 is 2.62 bits per heavy atom. The first-order chi connectivity index (χ1) is 7.81. The third-order valence-corrected chi connectivity index (χ3v) is 4.07. The second-order valence-corrected chi connectivity index (χ2v) is 5.10. The lowest BCUT2D eigenvalue weighted by atomic mass is 9.90. The number of Topliss-reactive ketones (excluding diaryl/α,β-unsaturated/α-hetero) is 1. The first-order valence-electron chi connectivity index (χ1n) is 6.79. The van der Waals surface area contributed by atoms with Gasteiger partial charge in [0.15, 0.2) is 0 Å².